The molecule has 2 unspecified atom stereocenters. The van der Waals surface area contributed by atoms with E-state index in [9.17, 15) is 4.39 Å². The van der Waals surface area contributed by atoms with E-state index in [1.54, 1.807) is 13.2 Å². The third kappa shape index (κ3) is 4.18. The van der Waals surface area contributed by atoms with Gasteiger partial charge < -0.3 is 19.5 Å². The molecule has 2 bridgehead atoms. The molecule has 0 radical (unpaired) electrons. The number of ether oxygens (including phenoxy) is 3. The van der Waals surface area contributed by atoms with Crippen LogP contribution in [0.2, 0.25) is 5.02 Å². The van der Waals surface area contributed by atoms with Gasteiger partial charge in [0.05, 0.1) is 30.9 Å². The van der Waals surface area contributed by atoms with Crippen molar-refractivity contribution in [1.82, 2.24) is 14.9 Å². The number of aromatic nitrogens is 2. The van der Waals surface area contributed by atoms with Gasteiger partial charge in [0.25, 0.3) is 0 Å². The summed E-state index contributed by atoms with van der Waals surface area (Å²) in [6, 6.07) is 9.10. The number of hydrogen-bond acceptors (Lipinski definition) is 7. The summed E-state index contributed by atoms with van der Waals surface area (Å²) in [6.07, 6.45) is 3.83. The molecule has 3 aromatic rings. The molecule has 1 aromatic heterocycles. The molecule has 2 saturated heterocycles. The Hall–Kier alpha value is -2.68. The minimum atomic E-state index is -0.473. The van der Waals surface area contributed by atoms with Gasteiger partial charge in [-0.05, 0) is 37.1 Å². The fourth-order valence-corrected chi connectivity index (χ4v) is 4.67. The minimum Gasteiger partial charge on any atom is -0.493 e. The zero-order chi connectivity index (χ0) is 22.1. The topological polar surface area (TPSA) is 68.7 Å². The van der Waals surface area contributed by atoms with Gasteiger partial charge in [0, 0.05) is 35.8 Å². The van der Waals surface area contributed by atoms with Gasteiger partial charge in [-0.1, -0.05) is 11.6 Å². The van der Waals surface area contributed by atoms with E-state index < -0.39 is 5.82 Å². The number of halogens is 2. The molecule has 3 heterocycles. The van der Waals surface area contributed by atoms with Crippen molar-refractivity contribution in [3.8, 4) is 11.5 Å². The van der Waals surface area contributed by atoms with Crippen LogP contribution in [-0.2, 0) is 4.74 Å². The Bertz CT molecular complexity index is 1120. The van der Waals surface area contributed by atoms with E-state index in [4.69, 9.17) is 25.8 Å². The summed E-state index contributed by atoms with van der Waals surface area (Å²) in [5.74, 6) is 1.32. The second kappa shape index (κ2) is 9.05. The number of hydrogen-bond donors (Lipinski definition) is 1. The first kappa shape index (κ1) is 21.2. The van der Waals surface area contributed by atoms with E-state index in [2.05, 4.69) is 20.2 Å². The average molecular weight is 459 g/mol. The van der Waals surface area contributed by atoms with Gasteiger partial charge in [-0.15, -0.1) is 0 Å². The Kier molecular flexibility index (Phi) is 5.99. The lowest BCUT2D eigenvalue weighted by molar-refractivity contribution is -0.0191. The van der Waals surface area contributed by atoms with Gasteiger partial charge in [0.1, 0.15) is 24.6 Å². The number of fused-ring (bicyclic) bond motifs is 3. The molecule has 0 amide bonds. The molecule has 9 heteroatoms. The molecule has 0 spiro atoms. The number of methoxy groups -OCH3 is 1. The second-order valence-corrected chi connectivity index (χ2v) is 8.41. The van der Waals surface area contributed by atoms with Crippen molar-refractivity contribution in [1.29, 1.82) is 0 Å². The standard InChI is InChI=1S/C23H24ClFN4O3/c1-30-21-10-20-17(23(27-13-26-20)28-14-2-5-19(25)18(24)8-14)9-22(21)32-7-6-29-15-3-4-16(29)12-31-11-15/h2,5,8-10,13,15-16H,3-4,6-7,11-12H2,1H3,(H,26,27,28). The van der Waals surface area contributed by atoms with Crippen molar-refractivity contribution in [3.63, 3.8) is 0 Å². The lowest BCUT2D eigenvalue weighted by atomic mass is 10.2. The molecule has 32 heavy (non-hydrogen) atoms. The zero-order valence-corrected chi connectivity index (χ0v) is 18.4. The normalized spacial score (nSPS) is 20.5. The van der Waals surface area contributed by atoms with Crippen LogP contribution in [-0.4, -0.2) is 60.4 Å². The van der Waals surface area contributed by atoms with Gasteiger partial charge in [-0.2, -0.15) is 0 Å². The van der Waals surface area contributed by atoms with Crippen LogP contribution in [0.1, 0.15) is 12.8 Å². The van der Waals surface area contributed by atoms with E-state index >= 15 is 0 Å². The van der Waals surface area contributed by atoms with Gasteiger partial charge in [0.2, 0.25) is 0 Å². The number of benzene rings is 2. The summed E-state index contributed by atoms with van der Waals surface area (Å²) >= 11 is 5.91. The molecule has 7 nitrogen and oxygen atoms in total. The van der Waals surface area contributed by atoms with Gasteiger partial charge in [-0.25, -0.2) is 14.4 Å². The van der Waals surface area contributed by atoms with Gasteiger partial charge in [0.15, 0.2) is 11.5 Å². The van der Waals surface area contributed by atoms with Crippen LogP contribution in [0.4, 0.5) is 15.9 Å². The molecule has 2 aliphatic rings. The summed E-state index contributed by atoms with van der Waals surface area (Å²) in [4.78, 5) is 11.2. The molecule has 2 atom stereocenters. The molecule has 0 aliphatic carbocycles. The van der Waals surface area contributed by atoms with Crippen LogP contribution in [0.15, 0.2) is 36.7 Å². The van der Waals surface area contributed by atoms with E-state index in [1.807, 2.05) is 12.1 Å². The van der Waals surface area contributed by atoms with Crippen LogP contribution in [0.25, 0.3) is 10.9 Å². The van der Waals surface area contributed by atoms with Crippen molar-refractivity contribution in [2.45, 2.75) is 24.9 Å². The Morgan fingerprint density at radius 1 is 1.16 bits per heavy atom. The van der Waals surface area contributed by atoms with E-state index in [0.717, 1.165) is 25.1 Å². The highest BCUT2D eigenvalue weighted by atomic mass is 35.5. The smallest absolute Gasteiger partial charge is 0.162 e. The minimum absolute atomic E-state index is 0.0381. The summed E-state index contributed by atoms with van der Waals surface area (Å²) in [5, 5.41) is 3.98. The molecule has 2 fully saturated rings. The van der Waals surface area contributed by atoms with Gasteiger partial charge in [-0.3, -0.25) is 4.90 Å². The lowest BCUT2D eigenvalue weighted by Crippen LogP contribution is -2.47. The van der Waals surface area contributed by atoms with E-state index in [1.165, 1.54) is 31.3 Å². The van der Waals surface area contributed by atoms with E-state index in [-0.39, 0.29) is 5.02 Å². The molecule has 2 aliphatic heterocycles. The van der Waals surface area contributed by atoms with Crippen molar-refractivity contribution in [2.24, 2.45) is 0 Å². The van der Waals surface area contributed by atoms with Crippen molar-refractivity contribution in [2.75, 3.05) is 38.8 Å². The fraction of sp³-hybridized carbons (Fsp3) is 0.391. The summed E-state index contributed by atoms with van der Waals surface area (Å²) < 4.78 is 30.8. The maximum Gasteiger partial charge on any atom is 0.162 e. The molecule has 1 N–H and O–H groups in total. The molecule has 2 aromatic carbocycles. The summed E-state index contributed by atoms with van der Waals surface area (Å²) in [7, 11) is 1.61. The van der Waals surface area contributed by atoms with Crippen molar-refractivity contribution < 1.29 is 18.6 Å². The molecule has 5 rings (SSSR count). The fourth-order valence-electron chi connectivity index (χ4n) is 4.49. The Labute approximate surface area is 190 Å². The van der Waals surface area contributed by atoms with Gasteiger partial charge >= 0.3 is 0 Å². The Morgan fingerprint density at radius 2 is 1.97 bits per heavy atom. The van der Waals surface area contributed by atoms with Crippen molar-refractivity contribution >= 4 is 34.0 Å². The number of nitrogens with zero attached hydrogens (tertiary/aromatic N) is 3. The van der Waals surface area contributed by atoms with Crippen LogP contribution < -0.4 is 14.8 Å². The highest BCUT2D eigenvalue weighted by Crippen LogP contribution is 2.35. The van der Waals surface area contributed by atoms with Crippen LogP contribution in [0.5, 0.6) is 11.5 Å². The molecule has 0 saturated carbocycles. The highest BCUT2D eigenvalue weighted by Gasteiger charge is 2.36. The first-order chi connectivity index (χ1) is 15.6. The number of anilines is 2. The summed E-state index contributed by atoms with van der Waals surface area (Å²) in [5.41, 5.74) is 1.32. The Balaban J connectivity index is 1.37. The third-order valence-corrected chi connectivity index (χ3v) is 6.39. The van der Waals surface area contributed by atoms with E-state index in [0.29, 0.717) is 47.2 Å². The predicted octanol–water partition coefficient (Wildman–Crippen LogP) is 4.42. The molecule has 168 valence electrons. The van der Waals surface area contributed by atoms with Crippen molar-refractivity contribution in [3.05, 3.63) is 47.5 Å². The SMILES string of the molecule is COc1cc2ncnc(Nc3ccc(F)c(Cl)c3)c2cc1OCCN1C2CCC1COC2. The molecular weight excluding hydrogens is 435 g/mol. The quantitative estimate of drug-likeness (QED) is 0.562. The van der Waals surface area contributed by atoms with Crippen LogP contribution in [0, 0.1) is 5.82 Å². The number of morpholine rings is 1. The average Bonchev–Trinajstić information content (AvgIpc) is 3.01. The molecular formula is C23H24ClFN4O3. The second-order valence-electron chi connectivity index (χ2n) is 8.01. The first-order valence-corrected chi connectivity index (χ1v) is 11.0. The largest absolute Gasteiger partial charge is 0.493 e. The summed E-state index contributed by atoms with van der Waals surface area (Å²) in [6.45, 7) is 2.98. The number of rotatable bonds is 7. The third-order valence-electron chi connectivity index (χ3n) is 6.10. The predicted molar refractivity (Wildman–Crippen MR) is 121 cm³/mol. The Morgan fingerprint density at radius 3 is 2.72 bits per heavy atom. The number of nitrogens with one attached hydrogen (secondary N) is 1. The lowest BCUT2D eigenvalue weighted by Gasteiger charge is -2.34. The van der Waals surface area contributed by atoms with Crippen LogP contribution >= 0.6 is 11.6 Å². The van der Waals surface area contributed by atoms with Crippen LogP contribution in [0.3, 0.4) is 0 Å². The monoisotopic (exact) mass is 458 g/mol. The maximum atomic E-state index is 13.5. The first-order valence-electron chi connectivity index (χ1n) is 10.6. The maximum absolute atomic E-state index is 13.5. The zero-order valence-electron chi connectivity index (χ0n) is 17.7. The highest BCUT2D eigenvalue weighted by molar-refractivity contribution is 6.31.